The van der Waals surface area contributed by atoms with Crippen LogP contribution in [0.2, 0.25) is 0 Å². The number of halogens is 1. The second-order valence-electron chi connectivity index (χ2n) is 6.60. The molecule has 8 heteroatoms. The maximum absolute atomic E-state index is 13.3. The Morgan fingerprint density at radius 1 is 1.28 bits per heavy atom. The number of rotatable bonds is 9. The van der Waals surface area contributed by atoms with Gasteiger partial charge in [-0.05, 0) is 35.6 Å². The first-order valence-electron chi connectivity index (χ1n) is 9.50. The molecule has 0 aliphatic carbocycles. The van der Waals surface area contributed by atoms with Crippen LogP contribution in [0.4, 0.5) is 4.39 Å². The van der Waals surface area contributed by atoms with Crippen molar-refractivity contribution in [1.82, 2.24) is 5.01 Å². The van der Waals surface area contributed by atoms with Crippen molar-refractivity contribution in [3.05, 3.63) is 58.0 Å². The second-order valence-corrected chi connectivity index (χ2v) is 8.53. The Morgan fingerprint density at radius 2 is 2.07 bits per heavy atom. The number of carbonyl (C=O) groups is 2. The minimum Gasteiger partial charge on any atom is -0.465 e. The van der Waals surface area contributed by atoms with Crippen LogP contribution in [-0.2, 0) is 14.3 Å². The van der Waals surface area contributed by atoms with Crippen LogP contribution in [0.25, 0.3) is 0 Å². The van der Waals surface area contributed by atoms with E-state index in [1.807, 2.05) is 24.4 Å². The number of hydrogen-bond donors (Lipinski definition) is 0. The highest BCUT2D eigenvalue weighted by atomic mass is 32.2. The first-order chi connectivity index (χ1) is 14.1. The van der Waals surface area contributed by atoms with E-state index in [1.54, 1.807) is 23.5 Å². The average molecular weight is 435 g/mol. The van der Waals surface area contributed by atoms with Crippen LogP contribution in [0.3, 0.4) is 0 Å². The fourth-order valence-electron chi connectivity index (χ4n) is 2.94. The van der Waals surface area contributed by atoms with Gasteiger partial charge in [0.1, 0.15) is 5.82 Å². The Kier molecular flexibility index (Phi) is 7.83. The van der Waals surface area contributed by atoms with Gasteiger partial charge in [0.2, 0.25) is 0 Å². The molecule has 0 radical (unpaired) electrons. The van der Waals surface area contributed by atoms with Gasteiger partial charge in [-0.2, -0.15) is 5.10 Å². The maximum Gasteiger partial charge on any atom is 0.315 e. The number of amides is 1. The van der Waals surface area contributed by atoms with Crippen LogP contribution in [0.15, 0.2) is 46.9 Å². The topological polar surface area (TPSA) is 59.0 Å². The Balaban J connectivity index is 1.64. The fourth-order valence-corrected chi connectivity index (χ4v) is 4.32. The van der Waals surface area contributed by atoms with Crippen LogP contribution >= 0.6 is 23.1 Å². The third-order valence-corrected chi connectivity index (χ3v) is 6.24. The molecule has 29 heavy (non-hydrogen) atoms. The van der Waals surface area contributed by atoms with E-state index in [0.717, 1.165) is 29.0 Å². The van der Waals surface area contributed by atoms with Gasteiger partial charge in [-0.1, -0.05) is 31.5 Å². The zero-order valence-electron chi connectivity index (χ0n) is 16.2. The van der Waals surface area contributed by atoms with Gasteiger partial charge >= 0.3 is 5.97 Å². The predicted molar refractivity (Wildman–Crippen MR) is 115 cm³/mol. The zero-order valence-corrected chi connectivity index (χ0v) is 17.8. The lowest BCUT2D eigenvalue weighted by atomic mass is 10.0. The van der Waals surface area contributed by atoms with Gasteiger partial charge in [-0.3, -0.25) is 9.59 Å². The Hall–Kier alpha value is -2.19. The zero-order chi connectivity index (χ0) is 20.6. The average Bonchev–Trinajstić information content (AvgIpc) is 3.38. The summed E-state index contributed by atoms with van der Waals surface area (Å²) in [7, 11) is 0. The van der Waals surface area contributed by atoms with Crippen LogP contribution in [0.5, 0.6) is 0 Å². The highest BCUT2D eigenvalue weighted by Gasteiger charge is 2.33. The molecule has 0 bridgehead atoms. The van der Waals surface area contributed by atoms with Crippen molar-refractivity contribution in [2.75, 3.05) is 18.1 Å². The predicted octanol–water partition coefficient (Wildman–Crippen LogP) is 4.64. The summed E-state index contributed by atoms with van der Waals surface area (Å²) in [6.07, 6.45) is 2.37. The van der Waals surface area contributed by atoms with Crippen molar-refractivity contribution in [3.8, 4) is 0 Å². The van der Waals surface area contributed by atoms with Gasteiger partial charge in [0, 0.05) is 6.42 Å². The molecule has 2 aromatic rings. The van der Waals surface area contributed by atoms with Gasteiger partial charge < -0.3 is 4.74 Å². The molecule has 0 N–H and O–H groups in total. The molecule has 1 aromatic heterocycles. The molecule has 0 unspecified atom stereocenters. The van der Waals surface area contributed by atoms with E-state index in [9.17, 15) is 14.0 Å². The van der Waals surface area contributed by atoms with Crippen molar-refractivity contribution in [2.24, 2.45) is 5.10 Å². The molecule has 1 aliphatic rings. The van der Waals surface area contributed by atoms with E-state index in [4.69, 9.17) is 4.74 Å². The number of hydrazone groups is 1. The number of esters is 1. The Morgan fingerprint density at radius 3 is 2.76 bits per heavy atom. The van der Waals surface area contributed by atoms with E-state index < -0.39 is 0 Å². The summed E-state index contributed by atoms with van der Waals surface area (Å²) in [5.41, 5.74) is 1.67. The minimum absolute atomic E-state index is 0.127. The first kappa shape index (κ1) is 21.5. The quantitative estimate of drug-likeness (QED) is 0.426. The molecule has 2 heterocycles. The van der Waals surface area contributed by atoms with Crippen molar-refractivity contribution < 1.29 is 18.7 Å². The molecule has 5 nitrogen and oxygen atoms in total. The molecule has 154 valence electrons. The van der Waals surface area contributed by atoms with Gasteiger partial charge in [0.15, 0.2) is 0 Å². The number of ether oxygens (including phenoxy) is 1. The van der Waals surface area contributed by atoms with Gasteiger partial charge in [0.25, 0.3) is 5.91 Å². The molecule has 0 fully saturated rings. The molecule has 0 saturated carbocycles. The molecule has 3 rings (SSSR count). The SMILES string of the molecule is CCCCOC(=O)CSCC(=O)N1N=C(c2cccs2)C[C@@H]1c1ccc(F)cc1. The maximum atomic E-state index is 13.3. The third-order valence-electron chi connectivity index (χ3n) is 4.43. The highest BCUT2D eigenvalue weighted by Crippen LogP contribution is 2.34. The van der Waals surface area contributed by atoms with Gasteiger partial charge in [-0.25, -0.2) is 9.40 Å². The number of carbonyl (C=O) groups excluding carboxylic acids is 2. The number of benzene rings is 1. The lowest BCUT2D eigenvalue weighted by Gasteiger charge is -2.22. The smallest absolute Gasteiger partial charge is 0.315 e. The van der Waals surface area contributed by atoms with Crippen molar-refractivity contribution in [1.29, 1.82) is 0 Å². The molecule has 0 spiro atoms. The third kappa shape index (κ3) is 5.90. The standard InChI is InChI=1S/C21H23FN2O3S2/c1-2-3-10-27-21(26)14-28-13-20(25)24-18(15-6-8-16(22)9-7-15)12-17(23-24)19-5-4-11-29-19/h4-9,11,18H,2-3,10,12-14H2,1H3/t18-/m1/s1. The van der Waals surface area contributed by atoms with E-state index in [0.29, 0.717) is 13.0 Å². The van der Waals surface area contributed by atoms with Gasteiger partial charge in [0.05, 0.1) is 34.7 Å². The van der Waals surface area contributed by atoms with E-state index in [2.05, 4.69) is 5.10 Å². The number of thiophene rings is 1. The Bertz CT molecular complexity index is 853. The molecule has 1 aromatic carbocycles. The Labute approximate surface area is 177 Å². The summed E-state index contributed by atoms with van der Waals surface area (Å²) in [6.45, 7) is 2.44. The lowest BCUT2D eigenvalue weighted by molar-refractivity contribution is -0.140. The molecule has 1 atom stereocenters. The second kappa shape index (κ2) is 10.5. The highest BCUT2D eigenvalue weighted by molar-refractivity contribution is 8.00. The normalized spacial score (nSPS) is 16.0. The van der Waals surface area contributed by atoms with Gasteiger partial charge in [-0.15, -0.1) is 23.1 Å². The summed E-state index contributed by atoms with van der Waals surface area (Å²) in [6, 6.07) is 9.79. The van der Waals surface area contributed by atoms with E-state index in [-0.39, 0.29) is 35.2 Å². The van der Waals surface area contributed by atoms with Crippen LogP contribution in [-0.4, -0.2) is 40.7 Å². The van der Waals surface area contributed by atoms with E-state index in [1.165, 1.54) is 28.9 Å². The lowest BCUT2D eigenvalue weighted by Crippen LogP contribution is -2.29. The molecule has 0 saturated heterocycles. The molecule has 1 amide bonds. The number of thioether (sulfide) groups is 1. The van der Waals surface area contributed by atoms with Crippen molar-refractivity contribution in [3.63, 3.8) is 0 Å². The first-order valence-corrected chi connectivity index (χ1v) is 11.5. The molecular formula is C21H23FN2O3S2. The summed E-state index contributed by atoms with van der Waals surface area (Å²) >= 11 is 2.79. The van der Waals surface area contributed by atoms with Crippen molar-refractivity contribution >= 4 is 40.7 Å². The number of nitrogens with zero attached hydrogens (tertiary/aromatic N) is 2. The number of hydrogen-bond acceptors (Lipinski definition) is 6. The summed E-state index contributed by atoms with van der Waals surface area (Å²) in [4.78, 5) is 25.6. The van der Waals surface area contributed by atoms with Crippen molar-refractivity contribution in [2.45, 2.75) is 32.2 Å². The van der Waals surface area contributed by atoms with Crippen LogP contribution in [0.1, 0.15) is 42.7 Å². The summed E-state index contributed by atoms with van der Waals surface area (Å²) in [5.74, 6) is -0.553. The minimum atomic E-state index is -0.318. The summed E-state index contributed by atoms with van der Waals surface area (Å²) in [5, 5.41) is 7.99. The fraction of sp³-hybridized carbons (Fsp3) is 0.381. The van der Waals surface area contributed by atoms with Crippen LogP contribution < -0.4 is 0 Å². The largest absolute Gasteiger partial charge is 0.465 e. The van der Waals surface area contributed by atoms with Crippen LogP contribution in [0, 0.1) is 5.82 Å². The summed E-state index contributed by atoms with van der Waals surface area (Å²) < 4.78 is 18.4. The number of unbranched alkanes of at least 4 members (excludes halogenated alkanes) is 1. The molecular weight excluding hydrogens is 411 g/mol. The monoisotopic (exact) mass is 434 g/mol. The van der Waals surface area contributed by atoms with E-state index >= 15 is 0 Å². The molecule has 1 aliphatic heterocycles.